The van der Waals surface area contributed by atoms with Crippen LogP contribution in [0.3, 0.4) is 0 Å². The molecule has 1 saturated carbocycles. The summed E-state index contributed by atoms with van der Waals surface area (Å²) in [5, 5.41) is 2.88. The third kappa shape index (κ3) is 3.17. The van der Waals surface area contributed by atoms with Crippen LogP contribution in [0, 0.1) is 0 Å². The zero-order valence-electron chi connectivity index (χ0n) is 10.1. The molecule has 0 aromatic carbocycles. The second-order valence-corrected chi connectivity index (χ2v) is 4.85. The molecule has 18 heavy (non-hydrogen) atoms. The van der Waals surface area contributed by atoms with Gasteiger partial charge >= 0.3 is 12.2 Å². The molecule has 1 fully saturated rings. The molecule has 0 spiro atoms. The van der Waals surface area contributed by atoms with Gasteiger partial charge < -0.3 is 10.2 Å². The number of nitrogens with zero attached hydrogens (tertiary/aromatic N) is 1. The van der Waals surface area contributed by atoms with Crippen LogP contribution in [0.4, 0.5) is 18.0 Å². The predicted molar refractivity (Wildman–Crippen MR) is 61.1 cm³/mol. The molecule has 0 saturated heterocycles. The Kier molecular flexibility index (Phi) is 3.82. The van der Waals surface area contributed by atoms with E-state index >= 15 is 0 Å². The van der Waals surface area contributed by atoms with Gasteiger partial charge in [-0.05, 0) is 19.3 Å². The van der Waals surface area contributed by atoms with Crippen LogP contribution >= 0.6 is 0 Å². The summed E-state index contributed by atoms with van der Waals surface area (Å²) in [4.78, 5) is 13.3. The Labute approximate surface area is 104 Å². The van der Waals surface area contributed by atoms with E-state index in [1.807, 2.05) is 0 Å². The van der Waals surface area contributed by atoms with Gasteiger partial charge in [-0.25, -0.2) is 4.79 Å². The number of nitrogens with one attached hydrogen (secondary N) is 1. The van der Waals surface area contributed by atoms with Crippen LogP contribution in [-0.2, 0) is 0 Å². The Hall–Kier alpha value is -1.20. The van der Waals surface area contributed by atoms with Crippen molar-refractivity contribution in [3.8, 4) is 0 Å². The average Bonchev–Trinajstić information content (AvgIpc) is 2.81. The summed E-state index contributed by atoms with van der Waals surface area (Å²) in [7, 11) is 0. The summed E-state index contributed by atoms with van der Waals surface area (Å²) < 4.78 is 37.2. The fourth-order valence-electron chi connectivity index (χ4n) is 2.45. The van der Waals surface area contributed by atoms with Crippen LogP contribution < -0.4 is 5.32 Å². The number of alkyl halides is 3. The summed E-state index contributed by atoms with van der Waals surface area (Å²) in [6.45, 7) is 0.192. The lowest BCUT2D eigenvalue weighted by molar-refractivity contribution is -0.0956. The van der Waals surface area contributed by atoms with Crippen LogP contribution in [0.1, 0.15) is 32.1 Å². The molecule has 0 aromatic rings. The highest BCUT2D eigenvalue weighted by Gasteiger charge is 2.35. The summed E-state index contributed by atoms with van der Waals surface area (Å²) in [5.41, 5.74) is -0.521. The van der Waals surface area contributed by atoms with Crippen molar-refractivity contribution in [3.63, 3.8) is 0 Å². The highest BCUT2D eigenvalue weighted by atomic mass is 19.4. The Morgan fingerprint density at radius 1 is 1.33 bits per heavy atom. The van der Waals surface area contributed by atoms with Crippen molar-refractivity contribution in [1.82, 2.24) is 10.2 Å². The Morgan fingerprint density at radius 2 is 2.00 bits per heavy atom. The third-order valence-electron chi connectivity index (χ3n) is 3.54. The second kappa shape index (κ2) is 5.20. The number of amides is 2. The van der Waals surface area contributed by atoms with Gasteiger partial charge in [0.25, 0.3) is 0 Å². The first-order chi connectivity index (χ1) is 8.47. The van der Waals surface area contributed by atoms with Gasteiger partial charge in [0, 0.05) is 24.7 Å². The molecule has 1 heterocycles. The highest BCUT2D eigenvalue weighted by Crippen LogP contribution is 2.30. The number of hydrogen-bond acceptors (Lipinski definition) is 1. The standard InChI is InChI=1S/C12H17F3N2O/c13-12(14,15)9-5-7-17(8-6-9)11(18)16-10-3-1-2-4-10/h5,10H,1-4,6-8H2,(H,16,18). The molecule has 102 valence electrons. The number of urea groups is 1. The van der Waals surface area contributed by atoms with Crippen LogP contribution in [0.15, 0.2) is 11.6 Å². The first-order valence-corrected chi connectivity index (χ1v) is 6.28. The van der Waals surface area contributed by atoms with E-state index in [0.717, 1.165) is 31.8 Å². The topological polar surface area (TPSA) is 32.3 Å². The minimum Gasteiger partial charge on any atom is -0.335 e. The van der Waals surface area contributed by atoms with Crippen molar-refractivity contribution < 1.29 is 18.0 Å². The first kappa shape index (κ1) is 13.2. The maximum Gasteiger partial charge on any atom is 0.412 e. The predicted octanol–water partition coefficient (Wildman–Crippen LogP) is 2.83. The van der Waals surface area contributed by atoms with Gasteiger partial charge in [-0.3, -0.25) is 0 Å². The van der Waals surface area contributed by atoms with Gasteiger partial charge in [-0.2, -0.15) is 13.2 Å². The van der Waals surface area contributed by atoms with Crippen molar-refractivity contribution >= 4 is 6.03 Å². The van der Waals surface area contributed by atoms with E-state index in [1.54, 1.807) is 0 Å². The molecule has 1 aliphatic carbocycles. The van der Waals surface area contributed by atoms with E-state index < -0.39 is 11.7 Å². The highest BCUT2D eigenvalue weighted by molar-refractivity contribution is 5.75. The van der Waals surface area contributed by atoms with Crippen LogP contribution in [0.5, 0.6) is 0 Å². The van der Waals surface area contributed by atoms with Crippen molar-refractivity contribution in [2.75, 3.05) is 13.1 Å². The molecular weight excluding hydrogens is 245 g/mol. The largest absolute Gasteiger partial charge is 0.412 e. The first-order valence-electron chi connectivity index (χ1n) is 6.28. The maximum atomic E-state index is 12.4. The van der Waals surface area contributed by atoms with Gasteiger partial charge in [0.1, 0.15) is 0 Å². The van der Waals surface area contributed by atoms with Crippen LogP contribution in [-0.4, -0.2) is 36.2 Å². The van der Waals surface area contributed by atoms with E-state index in [9.17, 15) is 18.0 Å². The van der Waals surface area contributed by atoms with Gasteiger partial charge in [-0.15, -0.1) is 0 Å². The average molecular weight is 262 g/mol. The molecule has 3 nitrogen and oxygen atoms in total. The fourth-order valence-corrected chi connectivity index (χ4v) is 2.45. The molecule has 6 heteroatoms. The smallest absolute Gasteiger partial charge is 0.335 e. The minimum atomic E-state index is -4.26. The third-order valence-corrected chi connectivity index (χ3v) is 3.54. The summed E-state index contributed by atoms with van der Waals surface area (Å²) in [6, 6.07) is -0.0372. The number of rotatable bonds is 1. The van der Waals surface area contributed by atoms with E-state index in [2.05, 4.69) is 5.32 Å². The molecule has 0 aromatic heterocycles. The zero-order valence-corrected chi connectivity index (χ0v) is 10.1. The van der Waals surface area contributed by atoms with Gasteiger partial charge in [0.05, 0.1) is 0 Å². The lowest BCUT2D eigenvalue weighted by Gasteiger charge is -2.28. The van der Waals surface area contributed by atoms with E-state index in [-0.39, 0.29) is 31.6 Å². The molecule has 1 N–H and O–H groups in total. The van der Waals surface area contributed by atoms with Gasteiger partial charge in [0.2, 0.25) is 0 Å². The molecule has 0 bridgehead atoms. The van der Waals surface area contributed by atoms with Crippen molar-refractivity contribution in [1.29, 1.82) is 0 Å². The monoisotopic (exact) mass is 262 g/mol. The van der Waals surface area contributed by atoms with E-state index in [4.69, 9.17) is 0 Å². The quantitative estimate of drug-likeness (QED) is 0.724. The Balaban J connectivity index is 1.85. The SMILES string of the molecule is O=C(NC1CCCC1)N1CC=C(C(F)(F)F)CC1. The van der Waals surface area contributed by atoms with Crippen LogP contribution in [0.25, 0.3) is 0 Å². The lowest BCUT2D eigenvalue weighted by atomic mass is 10.1. The number of hydrogen-bond donors (Lipinski definition) is 1. The fraction of sp³-hybridized carbons (Fsp3) is 0.750. The Bertz CT molecular complexity index is 346. The molecule has 2 aliphatic rings. The van der Waals surface area contributed by atoms with Crippen molar-refractivity contribution in [2.45, 2.75) is 44.3 Å². The molecule has 2 rings (SSSR count). The molecule has 1 aliphatic heterocycles. The molecule has 0 atom stereocenters. The van der Waals surface area contributed by atoms with E-state index in [0.29, 0.717) is 0 Å². The maximum absolute atomic E-state index is 12.4. The molecule has 0 unspecified atom stereocenters. The summed E-state index contributed by atoms with van der Waals surface area (Å²) in [5.74, 6) is 0. The normalized spacial score (nSPS) is 21.9. The molecular formula is C12H17F3N2O. The number of halogens is 3. The number of carbonyl (C=O) groups is 1. The van der Waals surface area contributed by atoms with Crippen molar-refractivity contribution in [3.05, 3.63) is 11.6 Å². The number of carbonyl (C=O) groups excluding carboxylic acids is 1. The van der Waals surface area contributed by atoms with Crippen LogP contribution in [0.2, 0.25) is 0 Å². The van der Waals surface area contributed by atoms with Gasteiger partial charge in [-0.1, -0.05) is 18.9 Å². The van der Waals surface area contributed by atoms with Gasteiger partial charge in [0.15, 0.2) is 0 Å². The molecule has 0 radical (unpaired) electrons. The second-order valence-electron chi connectivity index (χ2n) is 4.85. The lowest BCUT2D eigenvalue weighted by Crippen LogP contribution is -2.46. The Morgan fingerprint density at radius 3 is 2.50 bits per heavy atom. The summed E-state index contributed by atoms with van der Waals surface area (Å²) >= 11 is 0. The minimum absolute atomic E-state index is 0.0490. The zero-order chi connectivity index (χ0) is 13.2. The molecule has 2 amide bonds. The van der Waals surface area contributed by atoms with E-state index in [1.165, 1.54) is 4.90 Å². The van der Waals surface area contributed by atoms with Crippen molar-refractivity contribution in [2.24, 2.45) is 0 Å². The summed E-state index contributed by atoms with van der Waals surface area (Å²) in [6.07, 6.45) is 0.923.